The smallest absolute Gasteiger partial charge is 0.422 e. The normalized spacial score (nSPS) is 12.3. The zero-order valence-electron chi connectivity index (χ0n) is 11.5. The molecule has 1 aromatic rings. The fraction of sp³-hybridized carbons (Fsp3) is 0.250. The van der Waals surface area contributed by atoms with E-state index in [1.807, 2.05) is 0 Å². The summed E-state index contributed by atoms with van der Waals surface area (Å²) in [6.07, 6.45) is -5.17. The number of hydrogen-bond acceptors (Lipinski definition) is 2. The molecular formula is C12H8F8O2Si. The van der Waals surface area contributed by atoms with Gasteiger partial charge in [-0.25, -0.2) is 26.7 Å². The topological polar surface area (TPSA) is 26.3 Å². The molecule has 0 aliphatic carbocycles. The summed E-state index contributed by atoms with van der Waals surface area (Å²) >= 11 is 0. The summed E-state index contributed by atoms with van der Waals surface area (Å²) in [5.74, 6) is -13.6. The molecule has 0 fully saturated rings. The van der Waals surface area contributed by atoms with Crippen molar-refractivity contribution in [1.29, 1.82) is 0 Å². The molecule has 0 saturated heterocycles. The zero-order chi connectivity index (χ0) is 18.3. The van der Waals surface area contributed by atoms with Gasteiger partial charge in [0.2, 0.25) is 5.82 Å². The number of hydrogen-bond donors (Lipinski definition) is 0. The highest BCUT2D eigenvalue weighted by molar-refractivity contribution is 6.85. The van der Waals surface area contributed by atoms with Gasteiger partial charge in [-0.2, -0.15) is 13.2 Å². The van der Waals surface area contributed by atoms with E-state index < -0.39 is 60.3 Å². The molecule has 11 heteroatoms. The Kier molecular flexibility index (Phi) is 4.95. The Morgan fingerprint density at radius 2 is 1.26 bits per heavy atom. The van der Waals surface area contributed by atoms with Crippen molar-refractivity contribution in [3.8, 4) is 0 Å². The quantitative estimate of drug-likeness (QED) is 0.270. The van der Waals surface area contributed by atoms with Crippen LogP contribution in [0, 0.1) is 29.1 Å². The van der Waals surface area contributed by atoms with Crippen molar-refractivity contribution < 1.29 is 44.3 Å². The molecule has 0 unspecified atom stereocenters. The molecule has 0 amide bonds. The molecule has 0 atom stereocenters. The number of carbonyl (C=O) groups excluding carboxylic acids is 1. The van der Waals surface area contributed by atoms with Gasteiger partial charge in [-0.05, 0) is 13.1 Å². The Balaban J connectivity index is 3.36. The number of rotatable bonds is 3. The summed E-state index contributed by atoms with van der Waals surface area (Å²) < 4.78 is 108. The molecule has 128 valence electrons. The Hall–Kier alpha value is -1.91. The summed E-state index contributed by atoms with van der Waals surface area (Å²) in [5.41, 5.74) is -1.97. The first-order valence-electron chi connectivity index (χ1n) is 5.73. The summed E-state index contributed by atoms with van der Waals surface area (Å²) in [6.45, 7) is 4.02. The molecule has 1 rings (SSSR count). The molecule has 0 aliphatic heterocycles. The van der Waals surface area contributed by atoms with Gasteiger partial charge in [-0.3, -0.25) is 0 Å². The average molecular weight is 364 g/mol. The second kappa shape index (κ2) is 5.94. The van der Waals surface area contributed by atoms with Gasteiger partial charge in [0.25, 0.3) is 8.32 Å². The lowest BCUT2D eigenvalue weighted by Crippen LogP contribution is -2.51. The van der Waals surface area contributed by atoms with Crippen molar-refractivity contribution in [3.05, 3.63) is 41.2 Å². The number of carbonyl (C=O) groups is 1. The molecule has 2 nitrogen and oxygen atoms in total. The van der Waals surface area contributed by atoms with Crippen LogP contribution in [0.15, 0.2) is 12.2 Å². The largest absolute Gasteiger partial charge is 0.511 e. The zero-order valence-corrected chi connectivity index (χ0v) is 12.5. The average Bonchev–Trinajstić information content (AvgIpc) is 2.40. The highest BCUT2D eigenvalue weighted by Gasteiger charge is 2.44. The summed E-state index contributed by atoms with van der Waals surface area (Å²) in [5, 5.41) is -1.45. The van der Waals surface area contributed by atoms with Gasteiger partial charge in [0, 0.05) is 0 Å². The third kappa shape index (κ3) is 3.54. The van der Waals surface area contributed by atoms with Crippen LogP contribution in [0.4, 0.5) is 35.1 Å². The van der Waals surface area contributed by atoms with Crippen molar-refractivity contribution in [2.45, 2.75) is 19.3 Å². The SMILES string of the molecule is C=C(C(=O)O[Si](C)(C)c1c(F)c(F)c(F)c(F)c1F)C(F)(F)F. The van der Waals surface area contributed by atoms with Crippen LogP contribution >= 0.6 is 0 Å². The Morgan fingerprint density at radius 3 is 1.61 bits per heavy atom. The predicted molar refractivity (Wildman–Crippen MR) is 64.6 cm³/mol. The minimum absolute atomic E-state index is 0.798. The lowest BCUT2D eigenvalue weighted by Gasteiger charge is -2.25. The van der Waals surface area contributed by atoms with Crippen molar-refractivity contribution >= 4 is 19.5 Å². The molecule has 0 saturated carbocycles. The van der Waals surface area contributed by atoms with E-state index >= 15 is 0 Å². The molecule has 0 aliphatic rings. The summed E-state index contributed by atoms with van der Waals surface area (Å²) in [7, 11) is -4.27. The summed E-state index contributed by atoms with van der Waals surface area (Å²) in [4.78, 5) is 11.3. The Morgan fingerprint density at radius 1 is 0.913 bits per heavy atom. The predicted octanol–water partition coefficient (Wildman–Crippen LogP) is 3.46. The van der Waals surface area contributed by atoms with Crippen molar-refractivity contribution in [2.75, 3.05) is 0 Å². The Bertz CT molecular complexity index is 652. The number of halogens is 8. The first kappa shape index (κ1) is 19.1. The lowest BCUT2D eigenvalue weighted by atomic mass is 10.3. The van der Waals surface area contributed by atoms with E-state index in [0.29, 0.717) is 0 Å². The monoisotopic (exact) mass is 364 g/mol. The van der Waals surface area contributed by atoms with Crippen LogP contribution in [-0.4, -0.2) is 20.5 Å². The Labute approximate surface area is 125 Å². The number of benzene rings is 1. The third-order valence-electron chi connectivity index (χ3n) is 2.75. The van der Waals surface area contributed by atoms with Crippen LogP contribution in [0.5, 0.6) is 0 Å². The van der Waals surface area contributed by atoms with Gasteiger partial charge in [-0.1, -0.05) is 6.58 Å². The van der Waals surface area contributed by atoms with E-state index in [-0.39, 0.29) is 0 Å². The highest BCUT2D eigenvalue weighted by atomic mass is 28.4. The lowest BCUT2D eigenvalue weighted by molar-refractivity contribution is -0.142. The van der Waals surface area contributed by atoms with E-state index in [4.69, 9.17) is 0 Å². The van der Waals surface area contributed by atoms with E-state index in [1.54, 1.807) is 0 Å². The van der Waals surface area contributed by atoms with Gasteiger partial charge in [0.1, 0.15) is 5.57 Å². The van der Waals surface area contributed by atoms with E-state index in [9.17, 15) is 39.9 Å². The second-order valence-electron chi connectivity index (χ2n) is 4.82. The minimum Gasteiger partial charge on any atom is -0.511 e. The fourth-order valence-electron chi connectivity index (χ4n) is 1.59. The fourth-order valence-corrected chi connectivity index (χ4v) is 3.56. The van der Waals surface area contributed by atoms with Crippen LogP contribution in [0.2, 0.25) is 13.1 Å². The molecule has 0 bridgehead atoms. The van der Waals surface area contributed by atoms with Crippen molar-refractivity contribution in [1.82, 2.24) is 0 Å². The molecule has 0 spiro atoms. The standard InChI is InChI=1S/C12H8F8O2Si/c1-4(12(18,19)20)11(21)22-23(2,3)10-8(16)6(14)5(13)7(15)9(10)17/h1H2,2-3H3. The van der Waals surface area contributed by atoms with E-state index in [0.717, 1.165) is 13.1 Å². The van der Waals surface area contributed by atoms with Crippen LogP contribution < -0.4 is 5.19 Å². The molecule has 0 radical (unpaired) electrons. The van der Waals surface area contributed by atoms with Crippen LogP contribution in [-0.2, 0) is 9.22 Å². The molecule has 0 aromatic heterocycles. The van der Waals surface area contributed by atoms with Gasteiger partial charge in [0.15, 0.2) is 23.3 Å². The van der Waals surface area contributed by atoms with Gasteiger partial charge >= 0.3 is 12.1 Å². The van der Waals surface area contributed by atoms with Crippen molar-refractivity contribution in [3.63, 3.8) is 0 Å². The van der Waals surface area contributed by atoms with Crippen molar-refractivity contribution in [2.24, 2.45) is 0 Å². The van der Waals surface area contributed by atoms with E-state index in [2.05, 4.69) is 11.0 Å². The first-order valence-corrected chi connectivity index (χ1v) is 8.64. The molecule has 0 N–H and O–H groups in total. The van der Waals surface area contributed by atoms with Gasteiger partial charge in [-0.15, -0.1) is 0 Å². The number of alkyl halides is 3. The molecule has 23 heavy (non-hydrogen) atoms. The van der Waals surface area contributed by atoms with Crippen LogP contribution in [0.1, 0.15) is 0 Å². The highest BCUT2D eigenvalue weighted by Crippen LogP contribution is 2.27. The second-order valence-corrected chi connectivity index (χ2v) is 8.55. The molecule has 1 aromatic carbocycles. The first-order chi connectivity index (χ1) is 10.2. The maximum absolute atomic E-state index is 13.7. The molecule has 0 heterocycles. The maximum atomic E-state index is 13.7. The third-order valence-corrected chi connectivity index (χ3v) is 5.09. The molecular weight excluding hydrogens is 356 g/mol. The summed E-state index contributed by atoms with van der Waals surface area (Å²) in [6, 6.07) is 0. The van der Waals surface area contributed by atoms with Crippen LogP contribution in [0.3, 0.4) is 0 Å². The van der Waals surface area contributed by atoms with Crippen LogP contribution in [0.25, 0.3) is 0 Å². The van der Waals surface area contributed by atoms with Gasteiger partial charge in [0.05, 0.1) is 5.19 Å². The minimum atomic E-state index is -5.17. The maximum Gasteiger partial charge on any atom is 0.422 e. The van der Waals surface area contributed by atoms with Gasteiger partial charge < -0.3 is 4.43 Å². The van der Waals surface area contributed by atoms with E-state index in [1.165, 1.54) is 0 Å².